The first-order chi connectivity index (χ1) is 11.0. The third-order valence-electron chi connectivity index (χ3n) is 4.28. The van der Waals surface area contributed by atoms with E-state index in [9.17, 15) is 9.59 Å². The Labute approximate surface area is 136 Å². The quantitative estimate of drug-likeness (QED) is 0.940. The van der Waals surface area contributed by atoms with Crippen LogP contribution in [-0.4, -0.2) is 18.4 Å². The number of amides is 2. The van der Waals surface area contributed by atoms with Crippen LogP contribution in [0.3, 0.4) is 0 Å². The number of carbonyl (C=O) groups is 2. The molecule has 0 spiro atoms. The summed E-state index contributed by atoms with van der Waals surface area (Å²) >= 11 is 0. The van der Waals surface area contributed by atoms with Crippen LogP contribution in [0.4, 0.5) is 11.4 Å². The number of hydrogen-bond acceptors (Lipinski definition) is 2. The van der Waals surface area contributed by atoms with E-state index in [4.69, 9.17) is 0 Å². The maximum Gasteiger partial charge on any atom is 0.255 e. The molecule has 1 fully saturated rings. The molecule has 1 aliphatic rings. The van der Waals surface area contributed by atoms with Crippen LogP contribution in [0.2, 0.25) is 0 Å². The van der Waals surface area contributed by atoms with Crippen molar-refractivity contribution < 1.29 is 9.59 Å². The molecular formula is C19H20N2O2. The number of nitrogens with zero attached hydrogens (tertiary/aromatic N) is 1. The van der Waals surface area contributed by atoms with Crippen LogP contribution < -0.4 is 10.2 Å². The van der Waals surface area contributed by atoms with Crippen molar-refractivity contribution in [2.75, 3.05) is 16.8 Å². The Balaban J connectivity index is 1.72. The van der Waals surface area contributed by atoms with Crippen molar-refractivity contribution in [1.82, 2.24) is 0 Å². The summed E-state index contributed by atoms with van der Waals surface area (Å²) in [6, 6.07) is 13.0. The molecule has 1 saturated heterocycles. The van der Waals surface area contributed by atoms with Gasteiger partial charge in [0, 0.05) is 29.9 Å². The largest absolute Gasteiger partial charge is 0.322 e. The minimum absolute atomic E-state index is 0.146. The van der Waals surface area contributed by atoms with Gasteiger partial charge in [0.2, 0.25) is 5.91 Å². The van der Waals surface area contributed by atoms with Gasteiger partial charge in [-0.3, -0.25) is 9.59 Å². The molecule has 0 unspecified atom stereocenters. The predicted molar refractivity (Wildman–Crippen MR) is 91.9 cm³/mol. The summed E-state index contributed by atoms with van der Waals surface area (Å²) < 4.78 is 0. The van der Waals surface area contributed by atoms with Gasteiger partial charge < -0.3 is 10.2 Å². The molecule has 1 N–H and O–H groups in total. The number of nitrogens with one attached hydrogen (secondary N) is 1. The zero-order valence-electron chi connectivity index (χ0n) is 13.4. The number of rotatable bonds is 3. The highest BCUT2D eigenvalue weighted by molar-refractivity contribution is 6.05. The highest BCUT2D eigenvalue weighted by atomic mass is 16.2. The molecule has 0 aliphatic carbocycles. The lowest BCUT2D eigenvalue weighted by Gasteiger charge is -2.16. The van der Waals surface area contributed by atoms with Crippen LogP contribution in [0.1, 0.15) is 34.3 Å². The monoisotopic (exact) mass is 308 g/mol. The molecule has 2 aromatic carbocycles. The average molecular weight is 308 g/mol. The summed E-state index contributed by atoms with van der Waals surface area (Å²) in [7, 11) is 0. The van der Waals surface area contributed by atoms with E-state index in [2.05, 4.69) is 5.32 Å². The summed E-state index contributed by atoms with van der Waals surface area (Å²) in [4.78, 5) is 25.8. The van der Waals surface area contributed by atoms with Crippen molar-refractivity contribution >= 4 is 23.2 Å². The first-order valence-corrected chi connectivity index (χ1v) is 7.83. The Kier molecular flexibility index (Phi) is 4.15. The second-order valence-electron chi connectivity index (χ2n) is 5.95. The summed E-state index contributed by atoms with van der Waals surface area (Å²) in [5.74, 6) is 0.00452. The minimum Gasteiger partial charge on any atom is -0.322 e. The van der Waals surface area contributed by atoms with E-state index in [0.717, 1.165) is 29.9 Å². The van der Waals surface area contributed by atoms with E-state index in [-0.39, 0.29) is 11.8 Å². The van der Waals surface area contributed by atoms with E-state index in [1.807, 2.05) is 44.2 Å². The second kappa shape index (κ2) is 6.24. The van der Waals surface area contributed by atoms with Gasteiger partial charge in [0.05, 0.1) is 0 Å². The Hall–Kier alpha value is -2.62. The maximum absolute atomic E-state index is 12.3. The SMILES string of the molecule is Cc1ccc(NC(=O)c2ccc(N3CCCC3=O)cc2)cc1C. The Morgan fingerprint density at radius 3 is 2.39 bits per heavy atom. The van der Waals surface area contributed by atoms with Gasteiger partial charge in [-0.05, 0) is 67.8 Å². The summed E-state index contributed by atoms with van der Waals surface area (Å²) in [5, 5.41) is 2.90. The highest BCUT2D eigenvalue weighted by Crippen LogP contribution is 2.22. The smallest absolute Gasteiger partial charge is 0.255 e. The van der Waals surface area contributed by atoms with Gasteiger partial charge >= 0.3 is 0 Å². The number of benzene rings is 2. The van der Waals surface area contributed by atoms with Gasteiger partial charge in [-0.25, -0.2) is 0 Å². The summed E-state index contributed by atoms with van der Waals surface area (Å²) in [6.45, 7) is 4.82. The molecule has 118 valence electrons. The lowest BCUT2D eigenvalue weighted by Crippen LogP contribution is -2.23. The Morgan fingerprint density at radius 2 is 1.78 bits per heavy atom. The van der Waals surface area contributed by atoms with Crippen LogP contribution in [0.25, 0.3) is 0 Å². The van der Waals surface area contributed by atoms with E-state index < -0.39 is 0 Å². The van der Waals surface area contributed by atoms with E-state index in [1.54, 1.807) is 17.0 Å². The Bertz CT molecular complexity index is 750. The minimum atomic E-state index is -0.146. The molecule has 2 aromatic rings. The number of aryl methyl sites for hydroxylation is 2. The Morgan fingerprint density at radius 1 is 1.04 bits per heavy atom. The van der Waals surface area contributed by atoms with Crippen LogP contribution >= 0.6 is 0 Å². The lowest BCUT2D eigenvalue weighted by atomic mass is 10.1. The molecule has 4 nitrogen and oxygen atoms in total. The summed E-state index contributed by atoms with van der Waals surface area (Å²) in [6.07, 6.45) is 1.50. The first-order valence-electron chi connectivity index (χ1n) is 7.83. The number of anilines is 2. The fourth-order valence-corrected chi connectivity index (χ4v) is 2.74. The molecule has 0 bridgehead atoms. The topological polar surface area (TPSA) is 49.4 Å². The molecule has 1 aliphatic heterocycles. The van der Waals surface area contributed by atoms with Crippen LogP contribution in [0, 0.1) is 13.8 Å². The standard InChI is InChI=1S/C19H20N2O2/c1-13-5-8-16(12-14(13)2)20-19(23)15-6-9-17(10-7-15)21-11-3-4-18(21)22/h5-10,12H,3-4,11H2,1-2H3,(H,20,23). The van der Waals surface area contributed by atoms with E-state index >= 15 is 0 Å². The maximum atomic E-state index is 12.3. The van der Waals surface area contributed by atoms with Crippen molar-refractivity contribution in [3.63, 3.8) is 0 Å². The lowest BCUT2D eigenvalue weighted by molar-refractivity contribution is -0.117. The van der Waals surface area contributed by atoms with Crippen molar-refractivity contribution in [2.24, 2.45) is 0 Å². The second-order valence-corrected chi connectivity index (χ2v) is 5.95. The van der Waals surface area contributed by atoms with Crippen LogP contribution in [-0.2, 0) is 4.79 Å². The zero-order valence-corrected chi connectivity index (χ0v) is 13.4. The molecule has 0 aromatic heterocycles. The average Bonchev–Trinajstić information content (AvgIpc) is 2.97. The first kappa shape index (κ1) is 15.3. The van der Waals surface area contributed by atoms with Crippen molar-refractivity contribution in [1.29, 1.82) is 0 Å². The van der Waals surface area contributed by atoms with Gasteiger partial charge in [-0.1, -0.05) is 6.07 Å². The molecule has 0 atom stereocenters. The van der Waals surface area contributed by atoms with Crippen molar-refractivity contribution in [3.05, 3.63) is 59.2 Å². The van der Waals surface area contributed by atoms with Gasteiger partial charge in [-0.15, -0.1) is 0 Å². The third-order valence-corrected chi connectivity index (χ3v) is 4.28. The fraction of sp³-hybridized carbons (Fsp3) is 0.263. The number of hydrogen-bond donors (Lipinski definition) is 1. The fourth-order valence-electron chi connectivity index (χ4n) is 2.74. The third kappa shape index (κ3) is 3.26. The van der Waals surface area contributed by atoms with Crippen molar-refractivity contribution in [2.45, 2.75) is 26.7 Å². The van der Waals surface area contributed by atoms with Gasteiger partial charge in [-0.2, -0.15) is 0 Å². The van der Waals surface area contributed by atoms with Gasteiger partial charge in [0.25, 0.3) is 5.91 Å². The van der Waals surface area contributed by atoms with Crippen molar-refractivity contribution in [3.8, 4) is 0 Å². The molecule has 2 amide bonds. The highest BCUT2D eigenvalue weighted by Gasteiger charge is 2.21. The molecular weight excluding hydrogens is 288 g/mol. The molecule has 1 heterocycles. The van der Waals surface area contributed by atoms with E-state index in [0.29, 0.717) is 12.0 Å². The molecule has 23 heavy (non-hydrogen) atoms. The summed E-state index contributed by atoms with van der Waals surface area (Å²) in [5.41, 5.74) is 4.57. The molecule has 3 rings (SSSR count). The predicted octanol–water partition coefficient (Wildman–Crippen LogP) is 3.68. The van der Waals surface area contributed by atoms with Crippen LogP contribution in [0.15, 0.2) is 42.5 Å². The molecule has 0 radical (unpaired) electrons. The van der Waals surface area contributed by atoms with Crippen LogP contribution in [0.5, 0.6) is 0 Å². The van der Waals surface area contributed by atoms with Gasteiger partial charge in [0.15, 0.2) is 0 Å². The molecule has 0 saturated carbocycles. The normalized spacial score (nSPS) is 14.2. The zero-order chi connectivity index (χ0) is 16.4. The number of carbonyl (C=O) groups excluding carboxylic acids is 2. The van der Waals surface area contributed by atoms with Gasteiger partial charge in [0.1, 0.15) is 0 Å². The van der Waals surface area contributed by atoms with E-state index in [1.165, 1.54) is 5.56 Å². The molecule has 4 heteroatoms.